The van der Waals surface area contributed by atoms with Crippen LogP contribution in [0.25, 0.3) is 0 Å². The molecule has 2 N–H and O–H groups in total. The Bertz CT molecular complexity index is 508. The normalized spacial score (nSPS) is 22.8. The highest BCUT2D eigenvalue weighted by Crippen LogP contribution is 2.32. The molecule has 0 spiro atoms. The van der Waals surface area contributed by atoms with Gasteiger partial charge in [-0.25, -0.2) is 9.78 Å². The third-order valence-electron chi connectivity index (χ3n) is 4.60. The van der Waals surface area contributed by atoms with Gasteiger partial charge < -0.3 is 15.0 Å². The number of aromatic amines is 1. The van der Waals surface area contributed by atoms with Gasteiger partial charge in [0.25, 0.3) is 0 Å². The summed E-state index contributed by atoms with van der Waals surface area (Å²) in [7, 11) is 0. The zero-order valence-corrected chi connectivity index (χ0v) is 12.6. The smallest absolute Gasteiger partial charge is 0.407 e. The number of amides is 1. The van der Waals surface area contributed by atoms with Crippen molar-refractivity contribution in [3.63, 3.8) is 0 Å². The maximum absolute atomic E-state index is 11.4. The molecule has 3 heterocycles. The molecule has 6 heteroatoms. The van der Waals surface area contributed by atoms with Crippen LogP contribution >= 0.6 is 0 Å². The van der Waals surface area contributed by atoms with Crippen LogP contribution in [0.15, 0.2) is 0 Å². The maximum Gasteiger partial charge on any atom is 0.407 e. The van der Waals surface area contributed by atoms with Gasteiger partial charge in [-0.05, 0) is 38.5 Å². The Labute approximate surface area is 125 Å². The zero-order chi connectivity index (χ0) is 14.8. The number of anilines is 1. The number of H-pyrrole nitrogens is 1. The number of aryl methyl sites for hydroxylation is 1. The number of hydrogen-bond donors (Lipinski definition) is 2. The largest absolute Gasteiger partial charge is 0.465 e. The van der Waals surface area contributed by atoms with E-state index < -0.39 is 6.09 Å². The van der Waals surface area contributed by atoms with Gasteiger partial charge in [0.05, 0.1) is 11.7 Å². The summed E-state index contributed by atoms with van der Waals surface area (Å²) in [4.78, 5) is 23.5. The van der Waals surface area contributed by atoms with Crippen molar-refractivity contribution >= 4 is 11.9 Å². The highest BCUT2D eigenvalue weighted by molar-refractivity contribution is 5.65. The summed E-state index contributed by atoms with van der Waals surface area (Å²) in [6.07, 6.45) is 5.37. The molecule has 0 radical (unpaired) electrons. The lowest BCUT2D eigenvalue weighted by Crippen LogP contribution is -2.38. The Hall–Kier alpha value is -1.72. The summed E-state index contributed by atoms with van der Waals surface area (Å²) in [6.45, 7) is 4.86. The van der Waals surface area contributed by atoms with Gasteiger partial charge in [-0.1, -0.05) is 6.92 Å². The molecule has 1 aromatic rings. The van der Waals surface area contributed by atoms with Crippen LogP contribution in [0.3, 0.4) is 0 Å². The highest BCUT2D eigenvalue weighted by Gasteiger charge is 2.31. The van der Waals surface area contributed by atoms with E-state index >= 15 is 0 Å². The monoisotopic (exact) mass is 292 g/mol. The molecule has 6 nitrogen and oxygen atoms in total. The molecule has 0 aromatic carbocycles. The van der Waals surface area contributed by atoms with Gasteiger partial charge in [0.15, 0.2) is 0 Å². The van der Waals surface area contributed by atoms with Gasteiger partial charge >= 0.3 is 6.09 Å². The molecule has 1 unspecified atom stereocenters. The minimum Gasteiger partial charge on any atom is -0.465 e. The molecule has 1 amide bonds. The Balaban J connectivity index is 1.88. The molecule has 2 aliphatic heterocycles. The van der Waals surface area contributed by atoms with Gasteiger partial charge in [-0.15, -0.1) is 0 Å². The highest BCUT2D eigenvalue weighted by atomic mass is 16.4. The first-order valence-electron chi connectivity index (χ1n) is 8.04. The van der Waals surface area contributed by atoms with Crippen molar-refractivity contribution in [1.82, 2.24) is 14.9 Å². The predicted molar refractivity (Wildman–Crippen MR) is 80.7 cm³/mol. The second kappa shape index (κ2) is 5.95. The molecular weight excluding hydrogens is 268 g/mol. The minimum absolute atomic E-state index is 0.113. The Morgan fingerprint density at radius 2 is 2.00 bits per heavy atom. The average molecular weight is 292 g/mol. The number of carboxylic acid groups (broad SMARTS) is 1. The van der Waals surface area contributed by atoms with E-state index in [0.29, 0.717) is 6.54 Å². The molecule has 0 saturated carbocycles. The molecular formula is C15H24N4O2. The van der Waals surface area contributed by atoms with Crippen LogP contribution in [-0.4, -0.2) is 45.7 Å². The molecule has 1 aromatic heterocycles. The Kier molecular flexibility index (Phi) is 4.03. The van der Waals surface area contributed by atoms with Crippen molar-refractivity contribution in [2.75, 3.05) is 24.5 Å². The summed E-state index contributed by atoms with van der Waals surface area (Å²) < 4.78 is 0. The number of carbonyl (C=O) groups is 1. The lowest BCUT2D eigenvalue weighted by atomic mass is 10.0. The average Bonchev–Trinajstić information content (AvgIpc) is 3.15. The fourth-order valence-corrected chi connectivity index (χ4v) is 3.47. The van der Waals surface area contributed by atoms with Gasteiger partial charge in [-0.2, -0.15) is 0 Å². The Morgan fingerprint density at radius 1 is 1.29 bits per heavy atom. The van der Waals surface area contributed by atoms with Crippen molar-refractivity contribution in [3.05, 3.63) is 11.5 Å². The van der Waals surface area contributed by atoms with Crippen LogP contribution in [0, 0.1) is 0 Å². The van der Waals surface area contributed by atoms with E-state index in [0.717, 1.165) is 56.1 Å². The molecule has 2 fully saturated rings. The van der Waals surface area contributed by atoms with E-state index in [2.05, 4.69) is 16.8 Å². The van der Waals surface area contributed by atoms with Crippen LogP contribution in [-0.2, 0) is 6.42 Å². The summed E-state index contributed by atoms with van der Waals surface area (Å²) >= 11 is 0. The van der Waals surface area contributed by atoms with Gasteiger partial charge in [-0.3, -0.25) is 4.90 Å². The topological polar surface area (TPSA) is 72.5 Å². The van der Waals surface area contributed by atoms with E-state index in [-0.39, 0.29) is 6.04 Å². The lowest BCUT2D eigenvalue weighted by molar-refractivity contribution is 0.104. The van der Waals surface area contributed by atoms with Gasteiger partial charge in [0.2, 0.25) is 0 Å². The van der Waals surface area contributed by atoms with Crippen molar-refractivity contribution in [2.24, 2.45) is 0 Å². The third kappa shape index (κ3) is 2.71. The van der Waals surface area contributed by atoms with Gasteiger partial charge in [0, 0.05) is 19.6 Å². The molecule has 1 atom stereocenters. The zero-order valence-electron chi connectivity index (χ0n) is 12.6. The number of nitrogens with one attached hydrogen (secondary N) is 1. The molecule has 0 bridgehead atoms. The number of likely N-dealkylation sites (tertiary alicyclic amines) is 1. The summed E-state index contributed by atoms with van der Waals surface area (Å²) in [5, 5.41) is 9.39. The summed E-state index contributed by atoms with van der Waals surface area (Å²) in [5.41, 5.74) is 1.07. The van der Waals surface area contributed by atoms with Crippen LogP contribution in [0.1, 0.15) is 56.6 Å². The minimum atomic E-state index is -0.836. The number of aromatic nitrogens is 2. The van der Waals surface area contributed by atoms with Gasteiger partial charge in [0.1, 0.15) is 11.6 Å². The SMILES string of the molecule is CCc1nc(C2CCCCN2C(=O)O)[nH]c1N1CCCC1. The van der Waals surface area contributed by atoms with E-state index in [9.17, 15) is 9.90 Å². The first kappa shape index (κ1) is 14.2. The van der Waals surface area contributed by atoms with Crippen LogP contribution in [0.4, 0.5) is 10.6 Å². The molecule has 21 heavy (non-hydrogen) atoms. The standard InChI is InChI=1S/C15H24N4O2/c1-2-11-14(18-8-5-6-9-18)17-13(16-11)12-7-3-4-10-19(12)15(20)21/h12H,2-10H2,1H3,(H,16,17)(H,20,21). The number of nitrogens with zero attached hydrogens (tertiary/aromatic N) is 3. The van der Waals surface area contributed by atoms with Crippen LogP contribution < -0.4 is 4.90 Å². The summed E-state index contributed by atoms with van der Waals surface area (Å²) in [5.74, 6) is 1.94. The fraction of sp³-hybridized carbons (Fsp3) is 0.733. The molecule has 2 saturated heterocycles. The van der Waals surface area contributed by atoms with Crippen molar-refractivity contribution < 1.29 is 9.90 Å². The van der Waals surface area contributed by atoms with Crippen molar-refractivity contribution in [1.29, 1.82) is 0 Å². The molecule has 0 aliphatic carbocycles. The lowest BCUT2D eigenvalue weighted by Gasteiger charge is -2.32. The second-order valence-corrected chi connectivity index (χ2v) is 5.95. The number of rotatable bonds is 3. The van der Waals surface area contributed by atoms with E-state index in [4.69, 9.17) is 4.98 Å². The first-order valence-corrected chi connectivity index (χ1v) is 8.04. The van der Waals surface area contributed by atoms with E-state index in [1.54, 1.807) is 0 Å². The first-order chi connectivity index (χ1) is 10.2. The van der Waals surface area contributed by atoms with Crippen LogP contribution in [0.5, 0.6) is 0 Å². The molecule has 116 valence electrons. The fourth-order valence-electron chi connectivity index (χ4n) is 3.47. The second-order valence-electron chi connectivity index (χ2n) is 5.95. The summed E-state index contributed by atoms with van der Waals surface area (Å²) in [6, 6.07) is -0.113. The van der Waals surface area contributed by atoms with E-state index in [1.165, 1.54) is 17.7 Å². The maximum atomic E-state index is 11.4. The quantitative estimate of drug-likeness (QED) is 0.898. The Morgan fingerprint density at radius 3 is 2.67 bits per heavy atom. The number of hydrogen-bond acceptors (Lipinski definition) is 3. The van der Waals surface area contributed by atoms with E-state index in [1.807, 2.05) is 0 Å². The van der Waals surface area contributed by atoms with Crippen LogP contribution in [0.2, 0.25) is 0 Å². The number of piperidine rings is 1. The number of imidazole rings is 1. The third-order valence-corrected chi connectivity index (χ3v) is 4.60. The van der Waals surface area contributed by atoms with Crippen molar-refractivity contribution in [2.45, 2.75) is 51.5 Å². The predicted octanol–water partition coefficient (Wildman–Crippen LogP) is 2.78. The van der Waals surface area contributed by atoms with Crippen molar-refractivity contribution in [3.8, 4) is 0 Å². The molecule has 3 rings (SSSR count). The molecule has 2 aliphatic rings.